The molecule has 0 saturated heterocycles. The van der Waals surface area contributed by atoms with E-state index in [1.165, 1.54) is 27.9 Å². The maximum absolute atomic E-state index is 6.06. The molecule has 0 fully saturated rings. The molecule has 4 rings (SSSR count). The zero-order chi connectivity index (χ0) is 23.2. The maximum atomic E-state index is 6.06. The van der Waals surface area contributed by atoms with Crippen molar-refractivity contribution in [3.63, 3.8) is 0 Å². The number of hydrogen-bond donors (Lipinski definition) is 1. The molecule has 3 nitrogen and oxygen atoms in total. The van der Waals surface area contributed by atoms with Crippen LogP contribution in [0.2, 0.25) is 5.02 Å². The Labute approximate surface area is 206 Å². The van der Waals surface area contributed by atoms with Gasteiger partial charge in [0.15, 0.2) is 5.11 Å². The third-order valence-corrected chi connectivity index (χ3v) is 6.42. The average Bonchev–Trinajstić information content (AvgIpc) is 3.24. The van der Waals surface area contributed by atoms with E-state index in [0.717, 1.165) is 23.8 Å². The Morgan fingerprint density at radius 3 is 2.33 bits per heavy atom. The fourth-order valence-corrected chi connectivity index (χ4v) is 4.13. The van der Waals surface area contributed by atoms with E-state index in [0.29, 0.717) is 11.7 Å². The van der Waals surface area contributed by atoms with Crippen molar-refractivity contribution in [2.75, 3.05) is 5.32 Å². The smallest absolute Gasteiger partial charge is 0.174 e. The minimum atomic E-state index is 0.701. The van der Waals surface area contributed by atoms with Gasteiger partial charge < -0.3 is 14.8 Å². The van der Waals surface area contributed by atoms with Crippen molar-refractivity contribution in [3.05, 3.63) is 124 Å². The summed E-state index contributed by atoms with van der Waals surface area (Å²) in [7, 11) is 0. The predicted octanol–water partition coefficient (Wildman–Crippen LogP) is 7.21. The first-order valence-electron chi connectivity index (χ1n) is 11.0. The minimum Gasteiger partial charge on any atom is -0.345 e. The van der Waals surface area contributed by atoms with Crippen LogP contribution >= 0.6 is 23.8 Å². The fourth-order valence-electron chi connectivity index (χ4n) is 3.75. The lowest BCUT2D eigenvalue weighted by atomic mass is 10.1. The van der Waals surface area contributed by atoms with Gasteiger partial charge in [-0.2, -0.15) is 0 Å². The van der Waals surface area contributed by atoms with Gasteiger partial charge in [-0.3, -0.25) is 0 Å². The summed E-state index contributed by atoms with van der Waals surface area (Å²) in [5, 5.41) is 4.91. The van der Waals surface area contributed by atoms with Gasteiger partial charge in [0.05, 0.1) is 6.54 Å². The van der Waals surface area contributed by atoms with Gasteiger partial charge in [0.2, 0.25) is 0 Å². The first-order valence-corrected chi connectivity index (χ1v) is 11.8. The molecule has 1 heterocycles. The fraction of sp³-hybridized carbons (Fsp3) is 0.179. The van der Waals surface area contributed by atoms with Crippen LogP contribution in [0.15, 0.2) is 91.1 Å². The Morgan fingerprint density at radius 1 is 0.848 bits per heavy atom. The Balaban J connectivity index is 1.55. The van der Waals surface area contributed by atoms with E-state index >= 15 is 0 Å². The summed E-state index contributed by atoms with van der Waals surface area (Å²) in [5.41, 5.74) is 7.16. The Morgan fingerprint density at radius 2 is 1.61 bits per heavy atom. The molecule has 3 aromatic carbocycles. The standard InChI is InChI=1S/C28H28ClN3S/c1-21-10-15-26(17-22(21)2)30-28(33)32(19-23-7-4-3-5-8-23)20-27-9-6-16-31(27)18-24-11-13-25(29)14-12-24/h3-17H,18-20H2,1-2H3,(H,30,33). The van der Waals surface area contributed by atoms with Crippen LogP contribution in [-0.4, -0.2) is 14.6 Å². The number of thiocarbonyl (C=S) groups is 1. The zero-order valence-corrected chi connectivity index (χ0v) is 20.5. The summed E-state index contributed by atoms with van der Waals surface area (Å²) in [5.74, 6) is 0. The number of aromatic nitrogens is 1. The molecule has 0 unspecified atom stereocenters. The third-order valence-electron chi connectivity index (χ3n) is 5.80. The highest BCUT2D eigenvalue weighted by Gasteiger charge is 2.14. The highest BCUT2D eigenvalue weighted by atomic mass is 35.5. The van der Waals surface area contributed by atoms with Gasteiger partial charge in [0.25, 0.3) is 0 Å². The SMILES string of the molecule is Cc1ccc(NC(=S)N(Cc2ccccc2)Cc2cccn2Cc2ccc(Cl)cc2)cc1C. The van der Waals surface area contributed by atoms with Crippen molar-refractivity contribution < 1.29 is 0 Å². The largest absolute Gasteiger partial charge is 0.345 e. The predicted molar refractivity (Wildman–Crippen MR) is 143 cm³/mol. The summed E-state index contributed by atoms with van der Waals surface area (Å²) in [6.07, 6.45) is 2.12. The first kappa shape index (κ1) is 23.1. The second kappa shape index (κ2) is 10.7. The van der Waals surface area contributed by atoms with Crippen LogP contribution < -0.4 is 5.32 Å². The van der Waals surface area contributed by atoms with Crippen LogP contribution in [-0.2, 0) is 19.6 Å². The first-order chi connectivity index (χ1) is 16.0. The quantitative estimate of drug-likeness (QED) is 0.286. The van der Waals surface area contributed by atoms with Crippen LogP contribution in [0.5, 0.6) is 0 Å². The molecular formula is C28H28ClN3S. The molecule has 4 aromatic rings. The number of nitrogens with one attached hydrogen (secondary N) is 1. The van der Waals surface area contributed by atoms with Crippen LogP contribution in [0, 0.1) is 13.8 Å². The molecule has 1 aromatic heterocycles. The molecule has 0 spiro atoms. The lowest BCUT2D eigenvalue weighted by Gasteiger charge is -2.27. The molecular weight excluding hydrogens is 446 g/mol. The van der Waals surface area contributed by atoms with Gasteiger partial charge in [-0.15, -0.1) is 0 Å². The summed E-state index contributed by atoms with van der Waals surface area (Å²) < 4.78 is 2.26. The van der Waals surface area contributed by atoms with Gasteiger partial charge in [-0.1, -0.05) is 60.1 Å². The van der Waals surface area contributed by atoms with Gasteiger partial charge in [-0.25, -0.2) is 0 Å². The van der Waals surface area contributed by atoms with Gasteiger partial charge in [0, 0.05) is 35.7 Å². The topological polar surface area (TPSA) is 20.2 Å². The lowest BCUT2D eigenvalue weighted by molar-refractivity contribution is 0.399. The Hall–Kier alpha value is -3.08. The van der Waals surface area contributed by atoms with E-state index in [1.54, 1.807) is 0 Å². The number of anilines is 1. The van der Waals surface area contributed by atoms with Crippen molar-refractivity contribution in [2.24, 2.45) is 0 Å². The summed E-state index contributed by atoms with van der Waals surface area (Å²) in [6.45, 7) is 6.45. The lowest BCUT2D eigenvalue weighted by Crippen LogP contribution is -2.34. The van der Waals surface area contributed by atoms with E-state index in [2.05, 4.69) is 102 Å². The molecule has 0 aliphatic rings. The van der Waals surface area contributed by atoms with Crippen LogP contribution in [0.4, 0.5) is 5.69 Å². The number of nitrogens with zero attached hydrogens (tertiary/aromatic N) is 2. The summed E-state index contributed by atoms with van der Waals surface area (Å²) in [4.78, 5) is 2.22. The number of halogens is 1. The Kier molecular flexibility index (Phi) is 7.48. The molecule has 0 atom stereocenters. The van der Waals surface area contributed by atoms with Gasteiger partial charge in [0.1, 0.15) is 0 Å². The summed E-state index contributed by atoms with van der Waals surface area (Å²) in [6, 6.07) is 29.1. The number of benzene rings is 3. The molecule has 0 aliphatic heterocycles. The summed E-state index contributed by atoms with van der Waals surface area (Å²) >= 11 is 11.9. The van der Waals surface area contributed by atoms with Crippen molar-refractivity contribution in [1.82, 2.24) is 9.47 Å². The monoisotopic (exact) mass is 473 g/mol. The minimum absolute atomic E-state index is 0.701. The zero-order valence-electron chi connectivity index (χ0n) is 19.0. The molecule has 0 amide bonds. The third kappa shape index (κ3) is 6.25. The Bertz CT molecular complexity index is 1220. The molecule has 0 saturated carbocycles. The average molecular weight is 474 g/mol. The highest BCUT2D eigenvalue weighted by Crippen LogP contribution is 2.18. The molecule has 0 bridgehead atoms. The van der Waals surface area contributed by atoms with E-state index in [4.69, 9.17) is 23.8 Å². The normalized spacial score (nSPS) is 10.8. The van der Waals surface area contributed by atoms with Crippen molar-refractivity contribution in [3.8, 4) is 0 Å². The number of rotatable bonds is 7. The van der Waals surface area contributed by atoms with Gasteiger partial charge >= 0.3 is 0 Å². The molecule has 5 heteroatoms. The van der Waals surface area contributed by atoms with Crippen LogP contribution in [0.3, 0.4) is 0 Å². The van der Waals surface area contributed by atoms with E-state index < -0.39 is 0 Å². The molecule has 33 heavy (non-hydrogen) atoms. The second-order valence-electron chi connectivity index (χ2n) is 8.32. The maximum Gasteiger partial charge on any atom is 0.174 e. The van der Waals surface area contributed by atoms with E-state index in [9.17, 15) is 0 Å². The van der Waals surface area contributed by atoms with Crippen molar-refractivity contribution >= 4 is 34.6 Å². The molecule has 0 radical (unpaired) electrons. The van der Waals surface area contributed by atoms with Gasteiger partial charge in [-0.05, 0) is 84.7 Å². The second-order valence-corrected chi connectivity index (χ2v) is 9.15. The van der Waals surface area contributed by atoms with Crippen molar-refractivity contribution in [1.29, 1.82) is 0 Å². The number of aryl methyl sites for hydroxylation is 2. The highest BCUT2D eigenvalue weighted by molar-refractivity contribution is 7.80. The molecule has 0 aliphatic carbocycles. The van der Waals surface area contributed by atoms with Crippen molar-refractivity contribution in [2.45, 2.75) is 33.5 Å². The molecule has 168 valence electrons. The van der Waals surface area contributed by atoms with Crippen LogP contribution in [0.25, 0.3) is 0 Å². The number of hydrogen-bond acceptors (Lipinski definition) is 1. The van der Waals surface area contributed by atoms with E-state index in [1.807, 2.05) is 18.2 Å². The molecule has 1 N–H and O–H groups in total. The van der Waals surface area contributed by atoms with E-state index in [-0.39, 0.29) is 0 Å². The van der Waals surface area contributed by atoms with Crippen LogP contribution in [0.1, 0.15) is 27.9 Å².